The second kappa shape index (κ2) is 7.58. The van der Waals surface area contributed by atoms with Crippen LogP contribution in [0.2, 0.25) is 0 Å². The van der Waals surface area contributed by atoms with Gasteiger partial charge in [0.05, 0.1) is 13.2 Å². The Morgan fingerprint density at radius 1 is 0.844 bits per heavy atom. The van der Waals surface area contributed by atoms with Crippen molar-refractivity contribution in [1.82, 2.24) is 4.90 Å². The van der Waals surface area contributed by atoms with Gasteiger partial charge >= 0.3 is 0 Å². The maximum atomic E-state index is 13.6. The van der Waals surface area contributed by atoms with Gasteiger partial charge < -0.3 is 14.5 Å². The van der Waals surface area contributed by atoms with E-state index in [1.807, 2.05) is 6.07 Å². The summed E-state index contributed by atoms with van der Waals surface area (Å²) in [5.41, 5.74) is 5.03. The fourth-order valence-electron chi connectivity index (χ4n) is 6.61. The second-order valence-corrected chi connectivity index (χ2v) is 10.3. The highest BCUT2D eigenvalue weighted by molar-refractivity contribution is 5.83. The first-order chi connectivity index (χ1) is 15.6. The van der Waals surface area contributed by atoms with Crippen molar-refractivity contribution >= 4 is 11.6 Å². The van der Waals surface area contributed by atoms with Crippen LogP contribution in [0.1, 0.15) is 55.2 Å². The molecule has 0 radical (unpaired) electrons. The zero-order valence-corrected chi connectivity index (χ0v) is 18.6. The minimum Gasteiger partial charge on any atom is -0.378 e. The Hall–Kier alpha value is -2.40. The number of benzene rings is 2. The van der Waals surface area contributed by atoms with Gasteiger partial charge in [-0.25, -0.2) is 4.39 Å². The van der Waals surface area contributed by atoms with Gasteiger partial charge in [0.25, 0.3) is 0 Å². The number of amides is 1. The molecular weight excluding hydrogens is 403 g/mol. The Morgan fingerprint density at radius 2 is 1.50 bits per heavy atom. The van der Waals surface area contributed by atoms with Gasteiger partial charge in [-0.3, -0.25) is 4.79 Å². The van der Waals surface area contributed by atoms with Crippen molar-refractivity contribution in [2.45, 2.75) is 57.0 Å². The highest BCUT2D eigenvalue weighted by atomic mass is 19.1. The van der Waals surface area contributed by atoms with Gasteiger partial charge in [0.15, 0.2) is 0 Å². The minimum absolute atomic E-state index is 0.129. The number of carbonyl (C=O) groups excluding carboxylic acids is 1. The minimum atomic E-state index is -0.155. The summed E-state index contributed by atoms with van der Waals surface area (Å²) < 4.78 is 19.0. The topological polar surface area (TPSA) is 32.8 Å². The smallest absolute Gasteiger partial charge is 0.228 e. The van der Waals surface area contributed by atoms with Gasteiger partial charge in [-0.1, -0.05) is 18.2 Å². The van der Waals surface area contributed by atoms with E-state index in [2.05, 4.69) is 34.1 Å². The maximum Gasteiger partial charge on any atom is 0.228 e. The molecule has 2 aromatic carbocycles. The highest BCUT2D eigenvalue weighted by Crippen LogP contribution is 2.58. The lowest BCUT2D eigenvalue weighted by atomic mass is 9.51. The van der Waals surface area contributed by atoms with E-state index in [1.165, 1.54) is 16.8 Å². The van der Waals surface area contributed by atoms with Crippen molar-refractivity contribution in [3.63, 3.8) is 0 Å². The van der Waals surface area contributed by atoms with Crippen LogP contribution in [-0.2, 0) is 28.0 Å². The summed E-state index contributed by atoms with van der Waals surface area (Å²) in [5, 5.41) is 0. The van der Waals surface area contributed by atoms with E-state index in [0.29, 0.717) is 19.1 Å². The molecule has 2 bridgehead atoms. The Kier molecular flexibility index (Phi) is 4.79. The number of rotatable bonds is 3. The van der Waals surface area contributed by atoms with Crippen LogP contribution < -0.4 is 4.90 Å². The predicted molar refractivity (Wildman–Crippen MR) is 122 cm³/mol. The number of carbonyl (C=O) groups is 1. The van der Waals surface area contributed by atoms with Gasteiger partial charge in [0, 0.05) is 37.3 Å². The van der Waals surface area contributed by atoms with Crippen molar-refractivity contribution < 1.29 is 13.9 Å². The van der Waals surface area contributed by atoms with Gasteiger partial charge in [-0.15, -0.1) is 0 Å². The molecule has 3 saturated carbocycles. The quantitative estimate of drug-likeness (QED) is 0.696. The van der Waals surface area contributed by atoms with E-state index >= 15 is 0 Å². The molecule has 0 spiro atoms. The first kappa shape index (κ1) is 20.2. The molecule has 4 fully saturated rings. The number of halogens is 1. The van der Waals surface area contributed by atoms with Crippen LogP contribution in [0.15, 0.2) is 42.5 Å². The van der Waals surface area contributed by atoms with Crippen LogP contribution in [0, 0.1) is 11.2 Å². The molecule has 5 aliphatic rings. The summed E-state index contributed by atoms with van der Waals surface area (Å²) in [5.74, 6) is 0.229. The third-order valence-electron chi connectivity index (χ3n) is 8.73. The van der Waals surface area contributed by atoms with Crippen molar-refractivity contribution in [1.29, 1.82) is 0 Å². The van der Waals surface area contributed by atoms with Gasteiger partial charge in [0.2, 0.25) is 5.91 Å². The number of hydrogen-bond acceptors (Lipinski definition) is 3. The van der Waals surface area contributed by atoms with Crippen LogP contribution in [-0.4, -0.2) is 37.1 Å². The molecule has 1 amide bonds. The highest BCUT2D eigenvalue weighted by Gasteiger charge is 2.53. The van der Waals surface area contributed by atoms with Gasteiger partial charge in [-0.05, 0) is 84.9 Å². The van der Waals surface area contributed by atoms with Crippen molar-refractivity contribution in [3.05, 3.63) is 65.0 Å². The number of nitrogens with zero attached hydrogens (tertiary/aromatic N) is 2. The Labute approximate surface area is 189 Å². The SMILES string of the molecule is O=C(N1CCOCC1)C12CCC(c3ccc(N4Cc5ccc(F)cc5C4)cc3)(CC1)CC2. The summed E-state index contributed by atoms with van der Waals surface area (Å²) in [6, 6.07) is 14.2. The first-order valence-electron chi connectivity index (χ1n) is 12.1. The number of fused-ring (bicyclic) bond motifs is 4. The fraction of sp³-hybridized carbons (Fsp3) is 0.519. The number of morpholine rings is 1. The largest absolute Gasteiger partial charge is 0.378 e. The molecule has 0 atom stereocenters. The summed E-state index contributed by atoms with van der Waals surface area (Å²) in [6.45, 7) is 4.46. The second-order valence-electron chi connectivity index (χ2n) is 10.3. The lowest BCUT2D eigenvalue weighted by Crippen LogP contribution is -2.54. The molecule has 7 rings (SSSR count). The van der Waals surface area contributed by atoms with Crippen molar-refractivity contribution in [2.24, 2.45) is 5.41 Å². The number of hydrogen-bond donors (Lipinski definition) is 0. The average Bonchev–Trinajstić information content (AvgIpc) is 3.28. The molecule has 32 heavy (non-hydrogen) atoms. The number of anilines is 1. The lowest BCUT2D eigenvalue weighted by molar-refractivity contribution is -0.153. The molecule has 1 saturated heterocycles. The lowest BCUT2D eigenvalue weighted by Gasteiger charge is -2.54. The molecule has 0 aromatic heterocycles. The molecule has 0 N–H and O–H groups in total. The number of ether oxygens (including phenoxy) is 1. The maximum absolute atomic E-state index is 13.6. The monoisotopic (exact) mass is 434 g/mol. The molecular formula is C27H31FN2O2. The van der Waals surface area contributed by atoms with E-state index in [9.17, 15) is 9.18 Å². The van der Waals surface area contributed by atoms with E-state index in [1.54, 1.807) is 12.1 Å². The summed E-state index contributed by atoms with van der Waals surface area (Å²) in [7, 11) is 0. The van der Waals surface area contributed by atoms with Gasteiger partial charge in [0.1, 0.15) is 5.82 Å². The molecule has 2 heterocycles. The van der Waals surface area contributed by atoms with Crippen LogP contribution >= 0.6 is 0 Å². The van der Waals surface area contributed by atoms with Gasteiger partial charge in [-0.2, -0.15) is 0 Å². The first-order valence-corrected chi connectivity index (χ1v) is 12.1. The standard InChI is InChI=1S/C27H31FN2O2/c28-23-4-1-20-18-30(19-21(20)17-23)24-5-2-22(3-6-24)26-7-10-27(11-8-26,12-9-26)25(31)29-13-15-32-16-14-29/h1-6,17H,7-16,18-19H2. The summed E-state index contributed by atoms with van der Waals surface area (Å²) in [4.78, 5) is 17.7. The van der Waals surface area contributed by atoms with E-state index in [4.69, 9.17) is 4.74 Å². The zero-order valence-electron chi connectivity index (χ0n) is 18.6. The van der Waals surface area contributed by atoms with Crippen molar-refractivity contribution in [3.8, 4) is 0 Å². The molecule has 168 valence electrons. The fourth-order valence-corrected chi connectivity index (χ4v) is 6.61. The van der Waals surface area contributed by atoms with Crippen LogP contribution in [0.25, 0.3) is 0 Å². The molecule has 2 aliphatic heterocycles. The molecule has 5 heteroatoms. The van der Waals surface area contributed by atoms with E-state index in [0.717, 1.165) is 70.3 Å². The Bertz CT molecular complexity index is 1000. The average molecular weight is 435 g/mol. The predicted octanol–water partition coefficient (Wildman–Crippen LogP) is 4.80. The third kappa shape index (κ3) is 3.24. The Balaban J connectivity index is 1.15. The molecule has 4 nitrogen and oxygen atoms in total. The van der Waals surface area contributed by atoms with Crippen LogP contribution in [0.4, 0.5) is 10.1 Å². The molecule has 0 unspecified atom stereocenters. The van der Waals surface area contributed by atoms with E-state index in [-0.39, 0.29) is 16.6 Å². The van der Waals surface area contributed by atoms with E-state index < -0.39 is 0 Å². The normalized spacial score (nSPS) is 29.3. The molecule has 3 aliphatic carbocycles. The summed E-state index contributed by atoms with van der Waals surface area (Å²) in [6.07, 6.45) is 6.36. The third-order valence-corrected chi connectivity index (χ3v) is 8.73. The zero-order chi connectivity index (χ0) is 21.8. The Morgan fingerprint density at radius 3 is 2.19 bits per heavy atom. The van der Waals surface area contributed by atoms with Crippen LogP contribution in [0.3, 0.4) is 0 Å². The molecule has 2 aromatic rings. The summed E-state index contributed by atoms with van der Waals surface area (Å²) >= 11 is 0. The van der Waals surface area contributed by atoms with Crippen LogP contribution in [0.5, 0.6) is 0 Å². The van der Waals surface area contributed by atoms with Crippen molar-refractivity contribution in [2.75, 3.05) is 31.2 Å².